The van der Waals surface area contributed by atoms with Crippen LogP contribution in [0.15, 0.2) is 84.9 Å². The van der Waals surface area contributed by atoms with Crippen LogP contribution in [0.3, 0.4) is 0 Å². The molecule has 33 heavy (non-hydrogen) atoms. The summed E-state index contributed by atoms with van der Waals surface area (Å²) in [6, 6.07) is 26.9. The highest BCUT2D eigenvalue weighted by Gasteiger charge is 2.24. The summed E-state index contributed by atoms with van der Waals surface area (Å²) < 4.78 is 0. The fourth-order valence-corrected chi connectivity index (χ4v) is 3.80. The van der Waals surface area contributed by atoms with Crippen LogP contribution >= 0.6 is 0 Å². The molecule has 0 aliphatic rings. The molecule has 3 aromatic carbocycles. The SMILES string of the molecule is CN(C)C(=O)c1ccc(NC(=O)CN(CCCO)C(c2ccccc2)c2ccccc2)cc1. The summed E-state index contributed by atoms with van der Waals surface area (Å²) in [5.41, 5.74) is 3.37. The number of nitrogens with zero attached hydrogens (tertiary/aromatic N) is 2. The zero-order valence-electron chi connectivity index (χ0n) is 19.1. The molecule has 0 aliphatic heterocycles. The van der Waals surface area contributed by atoms with Gasteiger partial charge in [-0.3, -0.25) is 14.5 Å². The Labute approximate surface area is 195 Å². The molecule has 3 aromatic rings. The zero-order chi connectivity index (χ0) is 23.6. The lowest BCUT2D eigenvalue weighted by molar-refractivity contribution is -0.117. The van der Waals surface area contributed by atoms with E-state index in [2.05, 4.69) is 34.5 Å². The minimum Gasteiger partial charge on any atom is -0.396 e. The molecule has 3 rings (SSSR count). The molecule has 2 amide bonds. The van der Waals surface area contributed by atoms with Gasteiger partial charge in [0.25, 0.3) is 5.91 Å². The Morgan fingerprint density at radius 3 is 1.88 bits per heavy atom. The molecule has 2 N–H and O–H groups in total. The van der Waals surface area contributed by atoms with Gasteiger partial charge >= 0.3 is 0 Å². The molecule has 0 spiro atoms. The summed E-state index contributed by atoms with van der Waals surface area (Å²) in [6.45, 7) is 0.775. The minimum atomic E-state index is -0.156. The lowest BCUT2D eigenvalue weighted by atomic mass is 9.96. The van der Waals surface area contributed by atoms with Crippen molar-refractivity contribution in [2.75, 3.05) is 39.1 Å². The first-order chi connectivity index (χ1) is 16.0. The molecule has 6 heteroatoms. The minimum absolute atomic E-state index is 0.0514. The second kappa shape index (κ2) is 11.9. The highest BCUT2D eigenvalue weighted by Crippen LogP contribution is 2.28. The van der Waals surface area contributed by atoms with Gasteiger partial charge in [0.05, 0.1) is 12.6 Å². The fourth-order valence-electron chi connectivity index (χ4n) is 3.80. The van der Waals surface area contributed by atoms with Gasteiger partial charge in [0.15, 0.2) is 0 Å². The molecule has 0 saturated carbocycles. The summed E-state index contributed by atoms with van der Waals surface area (Å²) in [4.78, 5) is 28.7. The van der Waals surface area contributed by atoms with Crippen molar-refractivity contribution in [3.8, 4) is 0 Å². The molecule has 0 radical (unpaired) electrons. The molecule has 0 fully saturated rings. The molecule has 172 valence electrons. The van der Waals surface area contributed by atoms with Crippen LogP contribution in [0.25, 0.3) is 0 Å². The number of carbonyl (C=O) groups excluding carboxylic acids is 2. The number of carbonyl (C=O) groups is 2. The number of anilines is 1. The summed E-state index contributed by atoms with van der Waals surface area (Å²) in [7, 11) is 3.41. The number of nitrogens with one attached hydrogen (secondary N) is 1. The van der Waals surface area contributed by atoms with Crippen molar-refractivity contribution in [2.45, 2.75) is 12.5 Å². The van der Waals surface area contributed by atoms with Crippen molar-refractivity contribution in [3.05, 3.63) is 102 Å². The Balaban J connectivity index is 1.80. The Kier molecular flexibility index (Phi) is 8.75. The van der Waals surface area contributed by atoms with Gasteiger partial charge in [-0.25, -0.2) is 0 Å². The number of hydrogen-bond donors (Lipinski definition) is 2. The lowest BCUT2D eigenvalue weighted by Gasteiger charge is -2.32. The molecule has 6 nitrogen and oxygen atoms in total. The number of amides is 2. The van der Waals surface area contributed by atoms with Crippen LogP contribution in [0.5, 0.6) is 0 Å². The highest BCUT2D eigenvalue weighted by molar-refractivity contribution is 5.96. The lowest BCUT2D eigenvalue weighted by Crippen LogP contribution is -2.38. The third-order valence-electron chi connectivity index (χ3n) is 5.37. The maximum absolute atomic E-state index is 13.0. The molecule has 0 aromatic heterocycles. The molecule has 0 unspecified atom stereocenters. The van der Waals surface area contributed by atoms with Crippen LogP contribution in [-0.2, 0) is 4.79 Å². The van der Waals surface area contributed by atoms with Crippen molar-refractivity contribution in [1.29, 1.82) is 0 Å². The van der Waals surface area contributed by atoms with Crippen molar-refractivity contribution in [2.24, 2.45) is 0 Å². The van der Waals surface area contributed by atoms with E-state index in [0.717, 1.165) is 11.1 Å². The predicted molar refractivity (Wildman–Crippen MR) is 131 cm³/mol. The van der Waals surface area contributed by atoms with Crippen molar-refractivity contribution >= 4 is 17.5 Å². The zero-order valence-corrected chi connectivity index (χ0v) is 19.1. The predicted octanol–water partition coefficient (Wildman–Crippen LogP) is 3.80. The Morgan fingerprint density at radius 1 is 0.848 bits per heavy atom. The molecule has 0 saturated heterocycles. The largest absolute Gasteiger partial charge is 0.396 e. The van der Waals surface area contributed by atoms with Crippen LogP contribution in [0.2, 0.25) is 0 Å². The number of rotatable bonds is 10. The first-order valence-electron chi connectivity index (χ1n) is 11.1. The first kappa shape index (κ1) is 24.2. The van der Waals surface area contributed by atoms with Crippen LogP contribution in [0.1, 0.15) is 33.9 Å². The van der Waals surface area contributed by atoms with E-state index in [-0.39, 0.29) is 31.0 Å². The van der Waals surface area contributed by atoms with Crippen LogP contribution < -0.4 is 5.32 Å². The molecule has 0 aliphatic carbocycles. The smallest absolute Gasteiger partial charge is 0.253 e. The van der Waals surface area contributed by atoms with Gasteiger partial charge in [-0.2, -0.15) is 0 Å². The van der Waals surface area contributed by atoms with Gasteiger partial charge in [-0.15, -0.1) is 0 Å². The number of aliphatic hydroxyl groups excluding tert-OH is 1. The van der Waals surface area contributed by atoms with E-state index in [1.165, 1.54) is 4.90 Å². The fraction of sp³-hybridized carbons (Fsp3) is 0.259. The number of hydrogen-bond acceptors (Lipinski definition) is 4. The third kappa shape index (κ3) is 6.75. The molecule has 0 heterocycles. The second-order valence-corrected chi connectivity index (χ2v) is 8.10. The molecule has 0 atom stereocenters. The van der Waals surface area contributed by atoms with E-state index < -0.39 is 0 Å². The van der Waals surface area contributed by atoms with Gasteiger partial charge in [0.2, 0.25) is 5.91 Å². The first-order valence-corrected chi connectivity index (χ1v) is 11.1. The van der Waals surface area contributed by atoms with Gasteiger partial charge in [-0.05, 0) is 41.8 Å². The summed E-state index contributed by atoms with van der Waals surface area (Å²) in [6.07, 6.45) is 0.560. The summed E-state index contributed by atoms with van der Waals surface area (Å²) in [5, 5.41) is 12.4. The third-order valence-corrected chi connectivity index (χ3v) is 5.37. The second-order valence-electron chi connectivity index (χ2n) is 8.10. The van der Waals surface area contributed by atoms with E-state index in [4.69, 9.17) is 0 Å². The van der Waals surface area contributed by atoms with Crippen molar-refractivity contribution in [3.63, 3.8) is 0 Å². The van der Waals surface area contributed by atoms with Gasteiger partial charge in [-0.1, -0.05) is 60.7 Å². The van der Waals surface area contributed by atoms with Crippen LogP contribution in [0, 0.1) is 0 Å². The highest BCUT2D eigenvalue weighted by atomic mass is 16.3. The average Bonchev–Trinajstić information content (AvgIpc) is 2.84. The standard InChI is InChI=1S/C27H31N3O3/c1-29(2)27(33)23-14-16-24(17-15-23)28-25(32)20-30(18-9-19-31)26(21-10-5-3-6-11-21)22-12-7-4-8-13-22/h3-8,10-17,26,31H,9,18-20H2,1-2H3,(H,28,32). The Morgan fingerprint density at radius 2 is 1.39 bits per heavy atom. The maximum Gasteiger partial charge on any atom is 0.253 e. The number of aliphatic hydroxyl groups is 1. The van der Waals surface area contributed by atoms with Crippen molar-refractivity contribution < 1.29 is 14.7 Å². The van der Waals surface area contributed by atoms with E-state index in [1.807, 2.05) is 36.4 Å². The van der Waals surface area contributed by atoms with E-state index in [1.54, 1.807) is 38.4 Å². The number of benzene rings is 3. The summed E-state index contributed by atoms with van der Waals surface area (Å²) >= 11 is 0. The molecule has 0 bridgehead atoms. The van der Waals surface area contributed by atoms with E-state index >= 15 is 0 Å². The molecular formula is C27H31N3O3. The Hall–Kier alpha value is -3.48. The summed E-state index contributed by atoms with van der Waals surface area (Å²) in [5.74, 6) is -0.242. The topological polar surface area (TPSA) is 72.9 Å². The maximum atomic E-state index is 13.0. The van der Waals surface area contributed by atoms with Gasteiger partial charge in [0, 0.05) is 38.5 Å². The van der Waals surface area contributed by atoms with Crippen LogP contribution in [-0.4, -0.2) is 60.5 Å². The van der Waals surface area contributed by atoms with Crippen molar-refractivity contribution in [1.82, 2.24) is 9.80 Å². The van der Waals surface area contributed by atoms with Gasteiger partial charge in [0.1, 0.15) is 0 Å². The molecular weight excluding hydrogens is 414 g/mol. The van der Waals surface area contributed by atoms with E-state index in [9.17, 15) is 14.7 Å². The normalized spacial score (nSPS) is 10.9. The van der Waals surface area contributed by atoms with E-state index in [0.29, 0.717) is 24.2 Å². The van der Waals surface area contributed by atoms with Crippen LogP contribution in [0.4, 0.5) is 5.69 Å². The Bertz CT molecular complexity index is 982. The average molecular weight is 446 g/mol. The van der Waals surface area contributed by atoms with Gasteiger partial charge < -0.3 is 15.3 Å². The monoisotopic (exact) mass is 445 g/mol. The quantitative estimate of drug-likeness (QED) is 0.498.